The molecule has 1 saturated heterocycles. The smallest absolute Gasteiger partial charge is 1.00 e. The van der Waals surface area contributed by atoms with Gasteiger partial charge in [0.05, 0.1) is 79.3 Å². The molecule has 11 nitrogen and oxygen atoms in total. The molecule has 0 saturated carbocycles. The average Bonchev–Trinajstić information content (AvgIpc) is 1.47. The molecule has 5 aliphatic heterocycles. The first-order valence-corrected chi connectivity index (χ1v) is 30.6. The number of hydrogen-bond acceptors (Lipinski definition) is 11. The second-order valence-electron chi connectivity index (χ2n) is 20.3. The summed E-state index contributed by atoms with van der Waals surface area (Å²) in [6.45, 7) is 5.10. The van der Waals surface area contributed by atoms with Crippen LogP contribution < -0.4 is 72.4 Å². The van der Waals surface area contributed by atoms with E-state index in [9.17, 15) is 0 Å². The Hall–Kier alpha value is -2.96. The third kappa shape index (κ3) is 11.7. The molecule has 4 aromatic rings. The van der Waals surface area contributed by atoms with Crippen LogP contribution in [0, 0.1) is 0 Å². The Labute approximate surface area is 536 Å². The molecule has 4 aromatic carbocycles. The summed E-state index contributed by atoms with van der Waals surface area (Å²) in [7, 11) is -16.0. The van der Waals surface area contributed by atoms with Crippen LogP contribution in [0.1, 0.15) is 35.1 Å². The van der Waals surface area contributed by atoms with Gasteiger partial charge < -0.3 is 28.4 Å². The second kappa shape index (κ2) is 25.6. The number of alkyl halides is 24. The van der Waals surface area contributed by atoms with Crippen LogP contribution >= 0.6 is 7.06 Å². The van der Waals surface area contributed by atoms with Gasteiger partial charge in [-0.05, 0) is 0 Å². The second-order valence-corrected chi connectivity index (χ2v) is 28.1. The molecule has 0 unspecified atom stereocenters. The molecule has 38 heteroatoms. The van der Waals surface area contributed by atoms with E-state index in [1.807, 2.05) is 0 Å². The predicted molar refractivity (Wildman–Crippen MR) is 261 cm³/mol. The van der Waals surface area contributed by atoms with Gasteiger partial charge in [-0.15, -0.1) is 0 Å². The minimum absolute atomic E-state index is 0. The van der Waals surface area contributed by atoms with E-state index in [1.165, 1.54) is 0 Å². The maximum Gasteiger partial charge on any atom is 1.00 e. The molecule has 0 atom stereocenters. The standard InChI is InChI=1S/C40H24F24O5PSi.C12H24O6.K/c41-33(42,43)29(34(44,45)46)21-11-1-5-15-25(21)70(66-29,26-16-6-2-12-22(26)30(67-70,35(47,48)49)36(50,51)52)20-10-9-19-65-71(27-17-7-3-13-23(27)31(68-71,37(53,54)55)38(56,57)58)28-18-8-4-14-24(28)32(69-71,39(59,60)61)40(62,63)64;1-2-14-5-6-16-9-10-18-12-11-17-8-7-15-4-3-13-1;/h1-8,11-18H,9-10,19-20H2;1-12H2;/q-1;;+1. The summed E-state index contributed by atoms with van der Waals surface area (Å²) in [6, 6.07) is 4.50. The first-order chi connectivity index (χ1) is 41.1. The van der Waals surface area contributed by atoms with Crippen molar-refractivity contribution in [2.75, 3.05) is 92.1 Å². The molecule has 0 bridgehead atoms. The van der Waals surface area contributed by atoms with Gasteiger partial charge in [0, 0.05) is 0 Å². The first-order valence-electron chi connectivity index (χ1n) is 26.2. The van der Waals surface area contributed by atoms with Crippen molar-refractivity contribution in [1.29, 1.82) is 0 Å². The van der Waals surface area contributed by atoms with Crippen LogP contribution in [0.5, 0.6) is 0 Å². The van der Waals surface area contributed by atoms with Gasteiger partial charge in [0.15, 0.2) is 0 Å². The largest absolute Gasteiger partial charge is 1.00 e. The van der Waals surface area contributed by atoms with Crippen molar-refractivity contribution in [1.82, 2.24) is 0 Å². The van der Waals surface area contributed by atoms with E-state index in [0.717, 1.165) is 0 Å². The van der Waals surface area contributed by atoms with E-state index in [4.69, 9.17) is 50.7 Å². The molecule has 0 aromatic heterocycles. The summed E-state index contributed by atoms with van der Waals surface area (Å²) in [4.78, 5) is 0. The molecular formula is C52H48F24KO11PSi. The molecule has 2 spiro atoms. The van der Waals surface area contributed by atoms with Crippen LogP contribution in [-0.2, 0) is 73.2 Å². The van der Waals surface area contributed by atoms with Crippen LogP contribution in [0.25, 0.3) is 0 Å². The van der Waals surface area contributed by atoms with Crippen molar-refractivity contribution in [2.24, 2.45) is 0 Å². The van der Waals surface area contributed by atoms with E-state index in [0.29, 0.717) is 128 Å². The molecule has 90 heavy (non-hydrogen) atoms. The van der Waals surface area contributed by atoms with E-state index in [1.54, 1.807) is 0 Å². The normalized spacial score (nSPS) is 23.3. The van der Waals surface area contributed by atoms with E-state index in [-0.39, 0.29) is 99.9 Å². The van der Waals surface area contributed by atoms with Crippen molar-refractivity contribution in [3.8, 4) is 0 Å². The van der Waals surface area contributed by atoms with Crippen molar-refractivity contribution in [3.05, 3.63) is 119 Å². The van der Waals surface area contributed by atoms with Crippen molar-refractivity contribution in [2.45, 2.75) is 84.7 Å². The third-order valence-electron chi connectivity index (χ3n) is 15.2. The fourth-order valence-corrected chi connectivity index (χ4v) is 23.5. The summed E-state index contributed by atoms with van der Waals surface area (Å²) in [5.74, 6) is 0. The third-order valence-corrected chi connectivity index (χ3v) is 25.2. The van der Waals surface area contributed by atoms with Gasteiger partial charge in [-0.25, -0.2) is 0 Å². The minimum atomic E-state index is -8.44. The van der Waals surface area contributed by atoms with E-state index < -0.39 is 156 Å². The fourth-order valence-electron chi connectivity index (χ4n) is 11.7. The zero-order valence-corrected chi connectivity index (χ0v) is 51.1. The number of rotatable bonds is 6. The van der Waals surface area contributed by atoms with Crippen LogP contribution in [0.2, 0.25) is 0 Å². The summed E-state index contributed by atoms with van der Waals surface area (Å²) in [6.07, 6.45) is -60.1. The maximum absolute atomic E-state index is 15.2. The van der Waals surface area contributed by atoms with Gasteiger partial charge in [0.25, 0.3) is 0 Å². The van der Waals surface area contributed by atoms with E-state index >= 15 is 105 Å². The van der Waals surface area contributed by atoms with Crippen LogP contribution in [0.4, 0.5) is 105 Å². The quantitative estimate of drug-likeness (QED) is 0.0801. The molecule has 500 valence electrons. The Bertz CT molecular complexity index is 2650. The molecule has 0 amide bonds. The van der Waals surface area contributed by atoms with Gasteiger partial charge in [-0.1, -0.05) is 0 Å². The van der Waals surface area contributed by atoms with Crippen molar-refractivity contribution in [3.63, 3.8) is 0 Å². The van der Waals surface area contributed by atoms with E-state index in [2.05, 4.69) is 0 Å². The number of halogens is 24. The van der Waals surface area contributed by atoms with Crippen LogP contribution in [0.15, 0.2) is 97.1 Å². The van der Waals surface area contributed by atoms with Gasteiger partial charge in [0.2, 0.25) is 0 Å². The molecule has 5 heterocycles. The van der Waals surface area contributed by atoms with Crippen molar-refractivity contribution >= 4 is 36.1 Å². The Balaban J connectivity index is 0.000000523. The van der Waals surface area contributed by atoms with Gasteiger partial charge in [0.1, 0.15) is 0 Å². The Morgan fingerprint density at radius 1 is 0.333 bits per heavy atom. The van der Waals surface area contributed by atoms with Gasteiger partial charge in [-0.3, -0.25) is 0 Å². The SMILES string of the molecule is C1COCCOCCOCCOCCOCCO1.FC(F)(F)C1(C(F)(F)F)O[Si-]2(OCCCCP34(OC(C(F)(F)F)(C(F)(F)F)c5ccccc53)OC(C(F)(F)F)(C(F)(F)F)c3ccccc34)(OC(C(F)(F)F)(C(F)(F)F)c3ccccc32)c2ccccc21.[K+]. The molecule has 5 aliphatic rings. The maximum atomic E-state index is 15.2. The number of benzene rings is 4. The van der Waals surface area contributed by atoms with Gasteiger partial charge in [-0.2, -0.15) is 0 Å². The minimum Gasteiger partial charge on any atom is 1.00 e. The summed E-state index contributed by atoms with van der Waals surface area (Å²) >= 11 is 0. The zero-order chi connectivity index (χ0) is 65.9. The number of unbranched alkanes of at least 4 members (excludes halogenated alkanes) is 1. The Morgan fingerprint density at radius 2 is 0.578 bits per heavy atom. The van der Waals surface area contributed by atoms with Crippen molar-refractivity contribution < 1.29 is 208 Å². The van der Waals surface area contributed by atoms with Crippen LogP contribution in [0.3, 0.4) is 0 Å². The molecular weight excluding hydrogens is 1350 g/mol. The average molecular weight is 1400 g/mol. The number of ether oxygens (including phenoxy) is 6. The number of fused-ring (bicyclic) bond motifs is 8. The summed E-state index contributed by atoms with van der Waals surface area (Å²) in [5, 5.41) is -7.09. The van der Waals surface area contributed by atoms with Gasteiger partial charge >= 0.3 is 432 Å². The summed E-state index contributed by atoms with van der Waals surface area (Å²) < 4.78 is 422. The first kappa shape index (κ1) is 74.4. The predicted octanol–water partition coefficient (Wildman–Crippen LogP) is 9.03. The molecule has 0 aliphatic carbocycles. The molecule has 0 radical (unpaired) electrons. The fraction of sp³-hybridized carbons (Fsp3) is 0.538. The molecule has 0 N–H and O–H groups in total. The van der Waals surface area contributed by atoms with Crippen LogP contribution in [-0.4, -0.2) is 150 Å². The Kier molecular flexibility index (Phi) is 21.1. The summed E-state index contributed by atoms with van der Waals surface area (Å²) in [5.41, 5.74) is -32.3. The zero-order valence-electron chi connectivity index (χ0n) is 46.1. The molecule has 1 fully saturated rings. The monoisotopic (exact) mass is 1400 g/mol. The molecule has 9 rings (SSSR count). The number of hydrogen-bond donors (Lipinski definition) is 0. The Morgan fingerprint density at radius 3 is 0.844 bits per heavy atom. The topological polar surface area (TPSA) is 102 Å².